The fourth-order valence-corrected chi connectivity index (χ4v) is 5.73. The Morgan fingerprint density at radius 2 is 1.76 bits per heavy atom. The number of anilines is 3. The van der Waals surface area contributed by atoms with Crippen molar-refractivity contribution in [1.82, 2.24) is 15.2 Å². The molecule has 0 radical (unpaired) electrons. The Hall–Kier alpha value is -3.33. The topological polar surface area (TPSA) is 90.3 Å². The third-order valence-corrected chi connectivity index (χ3v) is 7.69. The van der Waals surface area contributed by atoms with Crippen LogP contribution in [-0.2, 0) is 0 Å². The number of fused-ring (bicyclic) bond motifs is 1. The van der Waals surface area contributed by atoms with Crippen LogP contribution in [-0.4, -0.2) is 47.3 Å². The summed E-state index contributed by atoms with van der Waals surface area (Å²) in [4.78, 5) is 23.6. The standard InChI is InChI=1S/C25H28N6O2S/c32-24(17-11-23(34-16-17)18-14-26-27-15-18)28-19-13-22-20(12-21(19)30-7-3-1-4-8-30)29-25(33-22)31-9-5-2-6-10-31/h11-16H,1-10H2,(H,26,27)(H,28,32). The largest absolute Gasteiger partial charge is 0.423 e. The van der Waals surface area contributed by atoms with Gasteiger partial charge in [0.2, 0.25) is 0 Å². The summed E-state index contributed by atoms with van der Waals surface area (Å²) >= 11 is 1.53. The fourth-order valence-electron chi connectivity index (χ4n) is 4.85. The van der Waals surface area contributed by atoms with E-state index in [9.17, 15) is 4.79 Å². The normalized spacial score (nSPS) is 16.8. The highest BCUT2D eigenvalue weighted by Gasteiger charge is 2.22. The van der Waals surface area contributed by atoms with Crippen LogP contribution < -0.4 is 15.1 Å². The van der Waals surface area contributed by atoms with Crippen LogP contribution in [0.25, 0.3) is 21.5 Å². The Morgan fingerprint density at radius 3 is 2.50 bits per heavy atom. The van der Waals surface area contributed by atoms with Gasteiger partial charge in [0.05, 0.1) is 23.1 Å². The van der Waals surface area contributed by atoms with Crippen LogP contribution in [0.3, 0.4) is 0 Å². The fraction of sp³-hybridized carbons (Fsp3) is 0.400. The molecule has 8 nitrogen and oxygen atoms in total. The molecule has 1 amide bonds. The van der Waals surface area contributed by atoms with Crippen molar-refractivity contribution in [3.63, 3.8) is 0 Å². The SMILES string of the molecule is O=C(Nc1cc2oc(N3CCCCC3)nc2cc1N1CCCCC1)c1csc(-c2cn[nH]c2)c1. The number of H-pyrrole nitrogens is 1. The van der Waals surface area contributed by atoms with Crippen LogP contribution in [0.2, 0.25) is 0 Å². The zero-order valence-electron chi connectivity index (χ0n) is 19.0. The summed E-state index contributed by atoms with van der Waals surface area (Å²) < 4.78 is 6.17. The van der Waals surface area contributed by atoms with Crippen molar-refractivity contribution in [3.05, 3.63) is 41.5 Å². The second kappa shape index (κ2) is 9.13. The van der Waals surface area contributed by atoms with Gasteiger partial charge in [-0.2, -0.15) is 10.1 Å². The Labute approximate surface area is 202 Å². The van der Waals surface area contributed by atoms with E-state index in [0.717, 1.165) is 66.4 Å². The van der Waals surface area contributed by atoms with E-state index in [2.05, 4.69) is 31.4 Å². The molecule has 0 unspecified atom stereocenters. The molecular weight excluding hydrogens is 448 g/mol. The van der Waals surface area contributed by atoms with Crippen molar-refractivity contribution in [2.24, 2.45) is 0 Å². The maximum absolute atomic E-state index is 13.2. The third kappa shape index (κ3) is 4.16. The molecular formula is C25H28N6O2S. The Balaban J connectivity index is 1.32. The van der Waals surface area contributed by atoms with Crippen molar-refractivity contribution >= 4 is 45.7 Å². The molecule has 176 valence electrons. The van der Waals surface area contributed by atoms with Crippen LogP contribution >= 0.6 is 11.3 Å². The van der Waals surface area contributed by atoms with Crippen molar-refractivity contribution in [2.75, 3.05) is 41.3 Å². The number of nitrogens with zero attached hydrogens (tertiary/aromatic N) is 4. The lowest BCUT2D eigenvalue weighted by atomic mass is 10.1. The minimum atomic E-state index is -0.126. The van der Waals surface area contributed by atoms with E-state index in [1.165, 1.54) is 37.0 Å². The van der Waals surface area contributed by atoms with E-state index in [1.807, 2.05) is 23.7 Å². The van der Waals surface area contributed by atoms with Gasteiger partial charge < -0.3 is 19.5 Å². The molecule has 6 rings (SSSR count). The number of aromatic amines is 1. The average Bonchev–Trinajstić information content (AvgIpc) is 3.65. The molecule has 4 aromatic rings. The first-order chi connectivity index (χ1) is 16.7. The van der Waals surface area contributed by atoms with E-state index in [0.29, 0.717) is 17.2 Å². The highest BCUT2D eigenvalue weighted by atomic mass is 32.1. The van der Waals surface area contributed by atoms with E-state index in [4.69, 9.17) is 9.40 Å². The minimum Gasteiger partial charge on any atom is -0.423 e. The lowest BCUT2D eigenvalue weighted by Crippen LogP contribution is -2.30. The van der Waals surface area contributed by atoms with Crippen molar-refractivity contribution < 1.29 is 9.21 Å². The van der Waals surface area contributed by atoms with E-state index < -0.39 is 0 Å². The smallest absolute Gasteiger partial charge is 0.298 e. The van der Waals surface area contributed by atoms with Gasteiger partial charge in [0.1, 0.15) is 5.52 Å². The molecule has 2 fully saturated rings. The van der Waals surface area contributed by atoms with Crippen molar-refractivity contribution in [2.45, 2.75) is 38.5 Å². The first-order valence-electron chi connectivity index (χ1n) is 12.1. The molecule has 1 aromatic carbocycles. The molecule has 2 aliphatic heterocycles. The summed E-state index contributed by atoms with van der Waals surface area (Å²) in [7, 11) is 0. The number of amides is 1. The zero-order chi connectivity index (χ0) is 22.9. The highest BCUT2D eigenvalue weighted by Crippen LogP contribution is 2.36. The lowest BCUT2D eigenvalue weighted by molar-refractivity contribution is 0.102. The average molecular weight is 477 g/mol. The summed E-state index contributed by atoms with van der Waals surface area (Å²) in [6, 6.07) is 6.62. The van der Waals surface area contributed by atoms with Gasteiger partial charge in [0.25, 0.3) is 11.9 Å². The number of rotatable bonds is 5. The monoisotopic (exact) mass is 476 g/mol. The minimum absolute atomic E-state index is 0.126. The molecule has 0 saturated carbocycles. The second-order valence-corrected chi connectivity index (χ2v) is 9.98. The predicted molar refractivity (Wildman–Crippen MR) is 136 cm³/mol. The number of carbonyl (C=O) groups excluding carboxylic acids is 1. The second-order valence-electron chi connectivity index (χ2n) is 9.07. The number of oxazole rings is 1. The highest BCUT2D eigenvalue weighted by molar-refractivity contribution is 7.13. The van der Waals surface area contributed by atoms with E-state index in [1.54, 1.807) is 6.20 Å². The van der Waals surface area contributed by atoms with Gasteiger partial charge in [-0.3, -0.25) is 9.89 Å². The number of hydrogen-bond acceptors (Lipinski definition) is 7. The third-order valence-electron chi connectivity index (χ3n) is 6.71. The number of nitrogens with one attached hydrogen (secondary N) is 2. The quantitative estimate of drug-likeness (QED) is 0.395. The van der Waals surface area contributed by atoms with Gasteiger partial charge in [-0.15, -0.1) is 11.3 Å². The van der Waals surface area contributed by atoms with Gasteiger partial charge in [0.15, 0.2) is 5.58 Å². The first kappa shape index (κ1) is 21.2. The molecule has 2 saturated heterocycles. The molecule has 2 N–H and O–H groups in total. The Bertz CT molecular complexity index is 1280. The molecule has 9 heteroatoms. The number of piperidine rings is 2. The van der Waals surface area contributed by atoms with Crippen LogP contribution in [0.1, 0.15) is 48.9 Å². The number of benzene rings is 1. The van der Waals surface area contributed by atoms with Gasteiger partial charge in [-0.05, 0) is 50.7 Å². The molecule has 34 heavy (non-hydrogen) atoms. The van der Waals surface area contributed by atoms with Crippen LogP contribution in [0.15, 0.2) is 40.4 Å². The molecule has 0 bridgehead atoms. The zero-order valence-corrected chi connectivity index (χ0v) is 19.9. The van der Waals surface area contributed by atoms with Gasteiger partial charge >= 0.3 is 0 Å². The number of thiophene rings is 1. The number of aromatic nitrogens is 3. The van der Waals surface area contributed by atoms with E-state index in [-0.39, 0.29) is 5.91 Å². The summed E-state index contributed by atoms with van der Waals surface area (Å²) in [5, 5.41) is 11.9. The number of carbonyl (C=O) groups is 1. The van der Waals surface area contributed by atoms with Crippen LogP contribution in [0.5, 0.6) is 0 Å². The molecule has 5 heterocycles. The predicted octanol–water partition coefficient (Wildman–Crippen LogP) is 5.51. The molecule has 2 aliphatic rings. The number of hydrogen-bond donors (Lipinski definition) is 2. The summed E-state index contributed by atoms with van der Waals surface area (Å²) in [5.74, 6) is -0.126. The molecule has 3 aromatic heterocycles. The van der Waals surface area contributed by atoms with Crippen molar-refractivity contribution in [1.29, 1.82) is 0 Å². The lowest BCUT2D eigenvalue weighted by Gasteiger charge is -2.30. The Morgan fingerprint density at radius 1 is 1.00 bits per heavy atom. The molecule has 0 aliphatic carbocycles. The molecule has 0 spiro atoms. The van der Waals surface area contributed by atoms with Gasteiger partial charge in [-0.1, -0.05) is 0 Å². The molecule has 0 atom stereocenters. The first-order valence-corrected chi connectivity index (χ1v) is 13.0. The summed E-state index contributed by atoms with van der Waals surface area (Å²) in [5.41, 5.74) is 4.96. The van der Waals surface area contributed by atoms with Crippen molar-refractivity contribution in [3.8, 4) is 10.4 Å². The summed E-state index contributed by atoms with van der Waals surface area (Å²) in [6.45, 7) is 3.92. The van der Waals surface area contributed by atoms with E-state index >= 15 is 0 Å². The van der Waals surface area contributed by atoms with Crippen LogP contribution in [0, 0.1) is 0 Å². The van der Waals surface area contributed by atoms with Crippen LogP contribution in [0.4, 0.5) is 17.4 Å². The maximum Gasteiger partial charge on any atom is 0.298 e. The van der Waals surface area contributed by atoms with Gasteiger partial charge in [-0.25, -0.2) is 0 Å². The maximum atomic E-state index is 13.2. The van der Waals surface area contributed by atoms with Gasteiger partial charge in [0, 0.05) is 54.3 Å². The summed E-state index contributed by atoms with van der Waals surface area (Å²) in [6.07, 6.45) is 10.7. The Kier molecular flexibility index (Phi) is 5.70.